The third-order valence-electron chi connectivity index (χ3n) is 4.06. The first kappa shape index (κ1) is 18.9. The van der Waals surface area contributed by atoms with Crippen LogP contribution in [0, 0.1) is 10.1 Å². The summed E-state index contributed by atoms with van der Waals surface area (Å²) in [6.45, 7) is 0. The second-order valence-electron chi connectivity index (χ2n) is 5.77. The number of carbonyl (C=O) groups excluding carboxylic acids is 1. The topological polar surface area (TPSA) is 91.8 Å². The normalized spacial score (nSPS) is 10.8. The molecule has 0 aliphatic rings. The number of methoxy groups -OCH3 is 2. The molecule has 0 spiro atoms. The zero-order valence-corrected chi connectivity index (χ0v) is 15.2. The SMILES string of the molecule is COc1ccc(C(=O)/C=C/c2ccc(-c3ccc([N+](=O)[O-])cc3)o2)c(OC)c1. The molecule has 7 nitrogen and oxygen atoms in total. The number of ketones is 1. The van der Waals surface area contributed by atoms with Crippen molar-refractivity contribution < 1.29 is 23.6 Å². The Morgan fingerprint density at radius 3 is 2.43 bits per heavy atom. The molecule has 1 aromatic heterocycles. The van der Waals surface area contributed by atoms with Gasteiger partial charge < -0.3 is 13.9 Å². The maximum atomic E-state index is 12.5. The molecule has 0 N–H and O–H groups in total. The van der Waals surface area contributed by atoms with Gasteiger partial charge in [-0.3, -0.25) is 14.9 Å². The summed E-state index contributed by atoms with van der Waals surface area (Å²) in [5.74, 6) is 1.79. The Bertz CT molecular complexity index is 1030. The molecule has 0 atom stereocenters. The number of nitro groups is 1. The van der Waals surface area contributed by atoms with Gasteiger partial charge in [-0.15, -0.1) is 0 Å². The standard InChI is InChI=1S/C21H17NO6/c1-26-17-7-10-18(21(13-17)27-2)19(23)11-8-16-9-12-20(28-16)14-3-5-15(6-4-14)22(24)25/h3-13H,1-2H3/b11-8+. The van der Waals surface area contributed by atoms with E-state index in [4.69, 9.17) is 13.9 Å². The van der Waals surface area contributed by atoms with E-state index in [9.17, 15) is 14.9 Å². The van der Waals surface area contributed by atoms with Crippen LogP contribution in [0.3, 0.4) is 0 Å². The summed E-state index contributed by atoms with van der Waals surface area (Å²) in [5, 5.41) is 10.7. The molecule has 0 aliphatic carbocycles. The lowest BCUT2D eigenvalue weighted by Gasteiger charge is -2.07. The predicted molar refractivity (Wildman–Crippen MR) is 104 cm³/mol. The first-order valence-corrected chi connectivity index (χ1v) is 8.31. The Kier molecular flexibility index (Phi) is 5.55. The van der Waals surface area contributed by atoms with Crippen molar-refractivity contribution in [2.24, 2.45) is 0 Å². The average Bonchev–Trinajstić information content (AvgIpc) is 3.20. The number of allylic oxidation sites excluding steroid dienone is 1. The Balaban J connectivity index is 1.76. The van der Waals surface area contributed by atoms with Crippen LogP contribution in [0.25, 0.3) is 17.4 Å². The number of nitro benzene ring substituents is 1. The van der Waals surface area contributed by atoms with Crippen LogP contribution in [0.1, 0.15) is 16.1 Å². The molecule has 0 bridgehead atoms. The van der Waals surface area contributed by atoms with E-state index < -0.39 is 4.92 Å². The van der Waals surface area contributed by atoms with Crippen molar-refractivity contribution in [3.8, 4) is 22.8 Å². The van der Waals surface area contributed by atoms with Gasteiger partial charge in [0.1, 0.15) is 23.0 Å². The van der Waals surface area contributed by atoms with Crippen LogP contribution in [-0.2, 0) is 0 Å². The van der Waals surface area contributed by atoms with E-state index in [2.05, 4.69) is 0 Å². The summed E-state index contributed by atoms with van der Waals surface area (Å²) < 4.78 is 16.1. The molecule has 0 amide bonds. The van der Waals surface area contributed by atoms with Crippen LogP contribution >= 0.6 is 0 Å². The Morgan fingerprint density at radius 2 is 1.79 bits per heavy atom. The van der Waals surface area contributed by atoms with Crippen LogP contribution < -0.4 is 9.47 Å². The molecule has 1 heterocycles. The second kappa shape index (κ2) is 8.22. The molecule has 2 aromatic carbocycles. The average molecular weight is 379 g/mol. The molecule has 3 rings (SSSR count). The fraction of sp³-hybridized carbons (Fsp3) is 0.0952. The van der Waals surface area contributed by atoms with E-state index in [1.54, 1.807) is 48.5 Å². The van der Waals surface area contributed by atoms with Crippen molar-refractivity contribution in [3.05, 3.63) is 82.1 Å². The van der Waals surface area contributed by atoms with Gasteiger partial charge in [-0.25, -0.2) is 0 Å². The minimum Gasteiger partial charge on any atom is -0.497 e. The van der Waals surface area contributed by atoms with Gasteiger partial charge in [0.2, 0.25) is 0 Å². The molecule has 0 radical (unpaired) electrons. The van der Waals surface area contributed by atoms with Gasteiger partial charge in [-0.1, -0.05) is 0 Å². The van der Waals surface area contributed by atoms with Crippen molar-refractivity contribution >= 4 is 17.5 Å². The van der Waals surface area contributed by atoms with Gasteiger partial charge >= 0.3 is 0 Å². The van der Waals surface area contributed by atoms with E-state index in [1.807, 2.05) is 0 Å². The number of carbonyl (C=O) groups is 1. The Labute approximate surface area is 161 Å². The van der Waals surface area contributed by atoms with Crippen LogP contribution in [0.2, 0.25) is 0 Å². The Morgan fingerprint density at radius 1 is 1.04 bits per heavy atom. The highest BCUT2D eigenvalue weighted by Crippen LogP contribution is 2.27. The number of furan rings is 1. The number of non-ortho nitro benzene ring substituents is 1. The summed E-state index contributed by atoms with van der Waals surface area (Å²) >= 11 is 0. The van der Waals surface area contributed by atoms with Crippen molar-refractivity contribution in [1.82, 2.24) is 0 Å². The lowest BCUT2D eigenvalue weighted by molar-refractivity contribution is -0.384. The lowest BCUT2D eigenvalue weighted by atomic mass is 10.1. The van der Waals surface area contributed by atoms with E-state index in [-0.39, 0.29) is 11.5 Å². The fourth-order valence-electron chi connectivity index (χ4n) is 2.59. The van der Waals surface area contributed by atoms with Gasteiger partial charge in [0.15, 0.2) is 5.78 Å². The maximum absolute atomic E-state index is 12.5. The summed E-state index contributed by atoms with van der Waals surface area (Å²) in [7, 11) is 3.02. The van der Waals surface area contributed by atoms with Crippen LogP contribution in [0.5, 0.6) is 11.5 Å². The molecule has 0 aliphatic heterocycles. The summed E-state index contributed by atoms with van der Waals surface area (Å²) in [5.41, 5.74) is 1.12. The number of rotatable bonds is 7. The smallest absolute Gasteiger partial charge is 0.269 e. The summed E-state index contributed by atoms with van der Waals surface area (Å²) in [4.78, 5) is 22.7. The molecule has 3 aromatic rings. The van der Waals surface area contributed by atoms with Crippen LogP contribution in [0.4, 0.5) is 5.69 Å². The monoisotopic (exact) mass is 379 g/mol. The van der Waals surface area contributed by atoms with Gasteiger partial charge in [0.05, 0.1) is 24.7 Å². The van der Waals surface area contributed by atoms with Crippen LogP contribution in [0.15, 0.2) is 65.1 Å². The fourth-order valence-corrected chi connectivity index (χ4v) is 2.59. The Hall–Kier alpha value is -3.87. The zero-order chi connectivity index (χ0) is 20.1. The first-order chi connectivity index (χ1) is 13.5. The first-order valence-electron chi connectivity index (χ1n) is 8.31. The second-order valence-corrected chi connectivity index (χ2v) is 5.77. The third-order valence-corrected chi connectivity index (χ3v) is 4.06. The lowest BCUT2D eigenvalue weighted by Crippen LogP contribution is -1.99. The number of hydrogen-bond donors (Lipinski definition) is 0. The van der Waals surface area contributed by atoms with Crippen molar-refractivity contribution in [2.45, 2.75) is 0 Å². The van der Waals surface area contributed by atoms with Crippen molar-refractivity contribution in [2.75, 3.05) is 14.2 Å². The number of benzene rings is 2. The van der Waals surface area contributed by atoms with Crippen LogP contribution in [-0.4, -0.2) is 24.9 Å². The summed E-state index contributed by atoms with van der Waals surface area (Å²) in [6.07, 6.45) is 2.95. The molecular formula is C21H17NO6. The van der Waals surface area contributed by atoms with E-state index in [0.29, 0.717) is 34.1 Å². The van der Waals surface area contributed by atoms with Gasteiger partial charge in [0.25, 0.3) is 5.69 Å². The molecule has 0 saturated carbocycles. The minimum absolute atomic E-state index is 0.00876. The van der Waals surface area contributed by atoms with Crippen molar-refractivity contribution in [1.29, 1.82) is 0 Å². The highest BCUT2D eigenvalue weighted by Gasteiger charge is 2.12. The molecule has 142 valence electrons. The molecule has 0 fully saturated rings. The number of hydrogen-bond acceptors (Lipinski definition) is 6. The molecule has 7 heteroatoms. The predicted octanol–water partition coefficient (Wildman–Crippen LogP) is 4.77. The highest BCUT2D eigenvalue weighted by molar-refractivity contribution is 6.08. The minimum atomic E-state index is -0.459. The maximum Gasteiger partial charge on any atom is 0.269 e. The van der Waals surface area contributed by atoms with Gasteiger partial charge in [0, 0.05) is 23.8 Å². The number of nitrogens with zero attached hydrogens (tertiary/aromatic N) is 1. The molecule has 0 saturated heterocycles. The zero-order valence-electron chi connectivity index (χ0n) is 15.2. The molecule has 0 unspecified atom stereocenters. The van der Waals surface area contributed by atoms with E-state index in [1.165, 1.54) is 32.4 Å². The number of ether oxygens (including phenoxy) is 2. The van der Waals surface area contributed by atoms with Gasteiger partial charge in [-0.05, 0) is 48.6 Å². The molecule has 28 heavy (non-hydrogen) atoms. The van der Waals surface area contributed by atoms with E-state index >= 15 is 0 Å². The largest absolute Gasteiger partial charge is 0.497 e. The van der Waals surface area contributed by atoms with E-state index in [0.717, 1.165) is 0 Å². The highest BCUT2D eigenvalue weighted by atomic mass is 16.6. The van der Waals surface area contributed by atoms with Crippen molar-refractivity contribution in [3.63, 3.8) is 0 Å². The quantitative estimate of drug-likeness (QED) is 0.254. The third kappa shape index (κ3) is 4.09. The molecular weight excluding hydrogens is 362 g/mol. The summed E-state index contributed by atoms with van der Waals surface area (Å²) in [6, 6.07) is 14.4. The van der Waals surface area contributed by atoms with Gasteiger partial charge in [-0.2, -0.15) is 0 Å².